The minimum Gasteiger partial charge on any atom is -0.481 e. The topological polar surface area (TPSA) is 112 Å². The molecule has 2 aromatic rings. The fourth-order valence-electron chi connectivity index (χ4n) is 9.16. The SMILES string of the molecule is CC(=O)N1[C@H](CC23CC4CC(CC(C4)C2)C3)C(=O)N(Cc2ccccc2F)c2ccccc2C(=O)C[C@H]1C(=O)CCC(=O)O. The Morgan fingerprint density at radius 1 is 0.909 bits per heavy atom. The number of anilines is 1. The largest absolute Gasteiger partial charge is 0.481 e. The number of carbonyl (C=O) groups is 5. The van der Waals surface area contributed by atoms with Gasteiger partial charge < -0.3 is 14.9 Å². The summed E-state index contributed by atoms with van der Waals surface area (Å²) in [5.74, 6) is -1.92. The number of amides is 2. The Balaban J connectivity index is 1.49. The van der Waals surface area contributed by atoms with Gasteiger partial charge in [-0.1, -0.05) is 30.3 Å². The molecule has 0 spiro atoms. The van der Waals surface area contributed by atoms with Crippen LogP contribution in [0, 0.1) is 29.0 Å². The van der Waals surface area contributed by atoms with E-state index in [1.165, 1.54) is 42.1 Å². The zero-order chi connectivity index (χ0) is 31.2. The first kappa shape index (κ1) is 30.2. The van der Waals surface area contributed by atoms with Crippen molar-refractivity contribution in [2.24, 2.45) is 23.2 Å². The summed E-state index contributed by atoms with van der Waals surface area (Å²) in [6.45, 7) is 1.14. The van der Waals surface area contributed by atoms with E-state index in [2.05, 4.69) is 0 Å². The maximum atomic E-state index is 15.0. The molecule has 4 saturated carbocycles. The standard InChI is InChI=1S/C35H39FN2O6/c1-21(39)38-29(31(40)10-11-33(42)43)15-32(41)26-7-3-5-9-28(26)37(20-25-6-2-4-8-27(25)36)34(44)30(38)19-35-16-22-12-23(17-35)14-24(13-22)18-35/h2-9,22-24,29-30H,10-20H2,1H3,(H,42,43)/t22?,23?,24?,29-,30+,35?/m0/s1. The van der Waals surface area contributed by atoms with Crippen molar-refractivity contribution in [3.8, 4) is 0 Å². The molecule has 4 fully saturated rings. The number of aliphatic carboxylic acids is 1. The molecule has 2 atom stereocenters. The Kier molecular flexibility index (Phi) is 8.16. The number of fused-ring (bicyclic) bond motifs is 1. The zero-order valence-electron chi connectivity index (χ0n) is 25.0. The van der Waals surface area contributed by atoms with Crippen LogP contribution in [0.5, 0.6) is 0 Å². The summed E-state index contributed by atoms with van der Waals surface area (Å²) >= 11 is 0. The van der Waals surface area contributed by atoms with E-state index in [4.69, 9.17) is 0 Å². The molecule has 1 heterocycles. The van der Waals surface area contributed by atoms with Crippen molar-refractivity contribution < 1.29 is 33.5 Å². The number of carboxylic acids is 1. The van der Waals surface area contributed by atoms with Crippen LogP contribution in [-0.4, -0.2) is 51.4 Å². The number of benzene rings is 2. The van der Waals surface area contributed by atoms with Gasteiger partial charge in [0.25, 0.3) is 0 Å². The molecule has 0 aromatic heterocycles. The van der Waals surface area contributed by atoms with Crippen LogP contribution in [0.2, 0.25) is 0 Å². The molecule has 9 heteroatoms. The first-order valence-corrected chi connectivity index (χ1v) is 15.7. The van der Waals surface area contributed by atoms with Gasteiger partial charge in [-0.3, -0.25) is 24.0 Å². The summed E-state index contributed by atoms with van der Waals surface area (Å²) < 4.78 is 15.0. The third-order valence-corrected chi connectivity index (χ3v) is 10.5. The van der Waals surface area contributed by atoms with Gasteiger partial charge in [-0.05, 0) is 86.3 Å². The monoisotopic (exact) mass is 602 g/mol. The van der Waals surface area contributed by atoms with Crippen LogP contribution in [-0.2, 0) is 25.7 Å². The van der Waals surface area contributed by atoms with E-state index >= 15 is 9.18 Å². The fourth-order valence-corrected chi connectivity index (χ4v) is 9.16. The highest BCUT2D eigenvalue weighted by Gasteiger charge is 2.54. The van der Waals surface area contributed by atoms with Crippen molar-refractivity contribution in [3.05, 3.63) is 65.5 Å². The number of halogens is 1. The highest BCUT2D eigenvalue weighted by Crippen LogP contribution is 2.62. The molecule has 1 N–H and O–H groups in total. The lowest BCUT2D eigenvalue weighted by Crippen LogP contribution is -2.59. The molecule has 0 radical (unpaired) electrons. The summed E-state index contributed by atoms with van der Waals surface area (Å²) in [4.78, 5) is 70.3. The summed E-state index contributed by atoms with van der Waals surface area (Å²) in [5, 5.41) is 9.31. The lowest BCUT2D eigenvalue weighted by atomic mass is 9.48. The molecule has 1 aliphatic heterocycles. The van der Waals surface area contributed by atoms with Crippen molar-refractivity contribution in [1.82, 2.24) is 4.90 Å². The van der Waals surface area contributed by atoms with Crippen LogP contribution in [0.1, 0.15) is 87.1 Å². The average Bonchev–Trinajstić information content (AvgIpc) is 3.00. The summed E-state index contributed by atoms with van der Waals surface area (Å²) in [6.07, 6.45) is 5.59. The molecule has 2 amide bonds. The van der Waals surface area contributed by atoms with Crippen molar-refractivity contribution in [2.75, 3.05) is 4.90 Å². The van der Waals surface area contributed by atoms with Crippen molar-refractivity contribution in [2.45, 2.75) is 89.8 Å². The molecule has 7 rings (SSSR count). The number of carboxylic acid groups (broad SMARTS) is 1. The van der Waals surface area contributed by atoms with Crippen molar-refractivity contribution in [3.63, 3.8) is 0 Å². The van der Waals surface area contributed by atoms with Gasteiger partial charge in [0.1, 0.15) is 11.9 Å². The van der Waals surface area contributed by atoms with Crippen LogP contribution in [0.25, 0.3) is 0 Å². The molecule has 44 heavy (non-hydrogen) atoms. The molecular formula is C35H39FN2O6. The van der Waals surface area contributed by atoms with Crippen LogP contribution in [0.3, 0.4) is 0 Å². The van der Waals surface area contributed by atoms with Crippen LogP contribution in [0.4, 0.5) is 10.1 Å². The minimum absolute atomic E-state index is 0.156. The Bertz CT molecular complexity index is 1470. The van der Waals surface area contributed by atoms with E-state index in [0.29, 0.717) is 29.9 Å². The zero-order valence-corrected chi connectivity index (χ0v) is 25.0. The maximum absolute atomic E-state index is 15.0. The number of hydrogen-bond acceptors (Lipinski definition) is 5. The van der Waals surface area contributed by atoms with Gasteiger partial charge in [0, 0.05) is 30.9 Å². The normalized spacial score (nSPS) is 29.5. The smallest absolute Gasteiger partial charge is 0.303 e. The second-order valence-corrected chi connectivity index (χ2v) is 13.6. The van der Waals surface area contributed by atoms with Gasteiger partial charge in [0.15, 0.2) is 11.6 Å². The summed E-state index contributed by atoms with van der Waals surface area (Å²) in [7, 11) is 0. The lowest BCUT2D eigenvalue weighted by Gasteiger charge is -2.58. The molecule has 8 nitrogen and oxygen atoms in total. The van der Waals surface area contributed by atoms with Gasteiger partial charge in [-0.25, -0.2) is 4.39 Å². The molecule has 5 aliphatic rings. The predicted octanol–water partition coefficient (Wildman–Crippen LogP) is 5.57. The number of Topliss-reactive ketones (excluding diaryl/α,β-unsaturated/α-hetero) is 2. The summed E-state index contributed by atoms with van der Waals surface area (Å²) in [6, 6.07) is 10.4. The van der Waals surface area contributed by atoms with Gasteiger partial charge >= 0.3 is 5.97 Å². The number of carbonyl (C=O) groups excluding carboxylic acids is 4. The first-order valence-electron chi connectivity index (χ1n) is 15.7. The lowest BCUT2D eigenvalue weighted by molar-refractivity contribution is -0.149. The predicted molar refractivity (Wildman–Crippen MR) is 160 cm³/mol. The third-order valence-electron chi connectivity index (χ3n) is 10.5. The van der Waals surface area contributed by atoms with Crippen LogP contribution in [0.15, 0.2) is 48.5 Å². The molecular weight excluding hydrogens is 563 g/mol. The van der Waals surface area contributed by atoms with Gasteiger partial charge in [-0.15, -0.1) is 0 Å². The summed E-state index contributed by atoms with van der Waals surface area (Å²) in [5.41, 5.74) is 0.591. The Labute approximate surface area is 256 Å². The van der Waals surface area contributed by atoms with Crippen LogP contribution < -0.4 is 4.90 Å². The second-order valence-electron chi connectivity index (χ2n) is 13.6. The quantitative estimate of drug-likeness (QED) is 0.423. The first-order chi connectivity index (χ1) is 21.0. The van der Waals surface area contributed by atoms with E-state index < -0.39 is 53.7 Å². The molecule has 4 bridgehead atoms. The molecule has 2 aromatic carbocycles. The highest BCUT2D eigenvalue weighted by atomic mass is 19.1. The van der Waals surface area contributed by atoms with E-state index in [-0.39, 0.29) is 35.9 Å². The Morgan fingerprint density at radius 3 is 2.14 bits per heavy atom. The van der Waals surface area contributed by atoms with Crippen molar-refractivity contribution >= 4 is 35.0 Å². The number of ketones is 2. The molecule has 232 valence electrons. The number of nitrogens with zero attached hydrogens (tertiary/aromatic N) is 2. The Morgan fingerprint density at radius 2 is 1.52 bits per heavy atom. The van der Waals surface area contributed by atoms with Gasteiger partial charge in [-0.2, -0.15) is 0 Å². The highest BCUT2D eigenvalue weighted by molar-refractivity contribution is 6.10. The molecule has 0 unspecified atom stereocenters. The van der Waals surface area contributed by atoms with Crippen LogP contribution >= 0.6 is 0 Å². The Hall–Kier alpha value is -3.88. The van der Waals surface area contributed by atoms with E-state index in [1.807, 2.05) is 0 Å². The van der Waals surface area contributed by atoms with E-state index in [0.717, 1.165) is 19.3 Å². The minimum atomic E-state index is -1.29. The maximum Gasteiger partial charge on any atom is 0.303 e. The second kappa shape index (κ2) is 11.9. The third kappa shape index (κ3) is 5.81. The molecule has 4 aliphatic carbocycles. The molecule has 0 saturated heterocycles. The van der Waals surface area contributed by atoms with Crippen molar-refractivity contribution in [1.29, 1.82) is 0 Å². The average molecular weight is 603 g/mol. The van der Waals surface area contributed by atoms with E-state index in [9.17, 15) is 24.3 Å². The van der Waals surface area contributed by atoms with Gasteiger partial charge in [0.2, 0.25) is 11.8 Å². The number of rotatable bonds is 8. The number of hydrogen-bond donors (Lipinski definition) is 1. The van der Waals surface area contributed by atoms with Gasteiger partial charge in [0.05, 0.1) is 24.7 Å². The number of para-hydroxylation sites is 1. The van der Waals surface area contributed by atoms with E-state index in [1.54, 1.807) is 42.5 Å². The fraction of sp³-hybridized carbons (Fsp3) is 0.514.